The van der Waals surface area contributed by atoms with Gasteiger partial charge in [0.25, 0.3) is 0 Å². The molecule has 0 unspecified atom stereocenters. The lowest BCUT2D eigenvalue weighted by molar-refractivity contribution is -0.146. The van der Waals surface area contributed by atoms with Gasteiger partial charge in [-0.25, -0.2) is 9.59 Å². The highest BCUT2D eigenvalue weighted by Crippen LogP contribution is 2.26. The maximum Gasteiger partial charge on any atom is 0.408 e. The highest BCUT2D eigenvalue weighted by atomic mass is 33.1. The van der Waals surface area contributed by atoms with Crippen LogP contribution in [0.4, 0.5) is 4.79 Å². The Kier molecular flexibility index (Phi) is 11.1. The summed E-state index contributed by atoms with van der Waals surface area (Å²) in [5.41, 5.74) is 0.481. The molecule has 2 N–H and O–H groups in total. The van der Waals surface area contributed by atoms with Crippen LogP contribution in [0.25, 0.3) is 0 Å². The zero-order valence-electron chi connectivity index (χ0n) is 18.4. The monoisotopic (exact) mass is 456 g/mol. The maximum atomic E-state index is 12.8. The topological polar surface area (TPSA) is 93.7 Å². The van der Waals surface area contributed by atoms with Crippen molar-refractivity contribution in [3.8, 4) is 0 Å². The Morgan fingerprint density at radius 3 is 2.20 bits per heavy atom. The Morgan fingerprint density at radius 1 is 1.03 bits per heavy atom. The molecular formula is C21H32N2O5S2. The molecule has 0 aromatic heterocycles. The minimum atomic E-state index is -0.862. The van der Waals surface area contributed by atoms with Gasteiger partial charge in [0.1, 0.15) is 17.7 Å². The molecule has 0 fully saturated rings. The predicted octanol–water partition coefficient (Wildman–Crippen LogP) is 3.78. The molecule has 0 saturated carbocycles. The molecule has 1 rings (SSSR count). The third kappa shape index (κ3) is 10.2. The number of hydrogen-bond donors (Lipinski definition) is 2. The van der Waals surface area contributed by atoms with Crippen molar-refractivity contribution in [2.45, 2.75) is 58.1 Å². The van der Waals surface area contributed by atoms with Gasteiger partial charge in [-0.3, -0.25) is 4.79 Å². The number of benzene rings is 1. The van der Waals surface area contributed by atoms with Crippen LogP contribution in [0, 0.1) is 5.92 Å². The van der Waals surface area contributed by atoms with Crippen LogP contribution in [-0.4, -0.2) is 48.5 Å². The summed E-state index contributed by atoms with van der Waals surface area (Å²) in [6.45, 7) is 8.86. The summed E-state index contributed by atoms with van der Waals surface area (Å²) in [6.07, 6.45) is -0.685. The molecule has 168 valence electrons. The fraction of sp³-hybridized carbons (Fsp3) is 0.571. The summed E-state index contributed by atoms with van der Waals surface area (Å²) in [7, 11) is 4.32. The van der Waals surface area contributed by atoms with E-state index in [0.29, 0.717) is 5.75 Å². The summed E-state index contributed by atoms with van der Waals surface area (Å²) in [5, 5.41) is 5.30. The fourth-order valence-corrected chi connectivity index (χ4v) is 4.55. The van der Waals surface area contributed by atoms with Crippen molar-refractivity contribution < 1.29 is 23.9 Å². The molecule has 7 nitrogen and oxygen atoms in total. The Bertz CT molecular complexity index is 692. The third-order valence-corrected chi connectivity index (χ3v) is 6.16. The van der Waals surface area contributed by atoms with E-state index in [4.69, 9.17) is 9.47 Å². The summed E-state index contributed by atoms with van der Waals surface area (Å²) in [6, 6.07) is 8.30. The average Bonchev–Trinajstić information content (AvgIpc) is 2.66. The minimum Gasteiger partial charge on any atom is -0.467 e. The first-order valence-electron chi connectivity index (χ1n) is 9.69. The lowest BCUT2D eigenvalue weighted by Crippen LogP contribution is -2.54. The quantitative estimate of drug-likeness (QED) is 0.314. The zero-order valence-corrected chi connectivity index (χ0v) is 20.0. The van der Waals surface area contributed by atoms with Gasteiger partial charge < -0.3 is 20.1 Å². The molecule has 0 aliphatic rings. The molecule has 2 atom stereocenters. The van der Waals surface area contributed by atoms with Gasteiger partial charge in [0, 0.05) is 11.5 Å². The van der Waals surface area contributed by atoms with E-state index in [-0.39, 0.29) is 5.92 Å². The van der Waals surface area contributed by atoms with E-state index in [1.165, 1.54) is 23.5 Å². The first kappa shape index (κ1) is 26.2. The minimum absolute atomic E-state index is 0.163. The number of carbonyl (C=O) groups excluding carboxylic acids is 3. The van der Waals surface area contributed by atoms with Gasteiger partial charge in [-0.05, 0) is 32.3 Å². The largest absolute Gasteiger partial charge is 0.467 e. The fourth-order valence-electron chi connectivity index (χ4n) is 2.31. The Labute approximate surface area is 186 Å². The van der Waals surface area contributed by atoms with Gasteiger partial charge in [-0.15, -0.1) is 0 Å². The molecule has 0 aliphatic carbocycles. The molecule has 0 saturated heterocycles. The van der Waals surface area contributed by atoms with Crippen LogP contribution in [0.2, 0.25) is 0 Å². The normalized spacial score (nSPS) is 13.3. The number of carbonyl (C=O) groups is 3. The van der Waals surface area contributed by atoms with Gasteiger partial charge >= 0.3 is 12.1 Å². The van der Waals surface area contributed by atoms with Crippen LogP contribution in [0.1, 0.15) is 40.2 Å². The van der Waals surface area contributed by atoms with Crippen LogP contribution >= 0.6 is 21.6 Å². The van der Waals surface area contributed by atoms with E-state index in [9.17, 15) is 14.4 Å². The van der Waals surface area contributed by atoms with E-state index in [2.05, 4.69) is 10.6 Å². The number of nitrogens with one attached hydrogen (secondary N) is 2. The first-order chi connectivity index (χ1) is 14.0. The van der Waals surface area contributed by atoms with E-state index >= 15 is 0 Å². The van der Waals surface area contributed by atoms with Crippen molar-refractivity contribution in [2.75, 3.05) is 12.9 Å². The first-order valence-corrected chi connectivity index (χ1v) is 12.2. The van der Waals surface area contributed by atoms with Crippen molar-refractivity contribution in [3.63, 3.8) is 0 Å². The van der Waals surface area contributed by atoms with E-state index < -0.39 is 35.7 Å². The summed E-state index contributed by atoms with van der Waals surface area (Å²) < 4.78 is 10.1. The number of rotatable bonds is 10. The number of hydrogen-bond acceptors (Lipinski definition) is 7. The highest BCUT2D eigenvalue weighted by molar-refractivity contribution is 8.76. The zero-order chi connectivity index (χ0) is 22.7. The molecule has 0 radical (unpaired) electrons. The second kappa shape index (κ2) is 12.7. The number of methoxy groups -OCH3 is 1. The lowest BCUT2D eigenvalue weighted by atomic mass is 10.0. The SMILES string of the molecule is COC(=O)[C@@H](NC(=O)[C@H](CSSCc1ccccc1)NC(=O)OC(C)(C)C)C(C)C. The molecule has 1 aromatic carbocycles. The van der Waals surface area contributed by atoms with Crippen molar-refractivity contribution in [1.82, 2.24) is 10.6 Å². The molecule has 0 heterocycles. The van der Waals surface area contributed by atoms with Crippen molar-refractivity contribution in [2.24, 2.45) is 5.92 Å². The summed E-state index contributed by atoms with van der Waals surface area (Å²) >= 11 is 0. The van der Waals surface area contributed by atoms with Crippen LogP contribution in [0.5, 0.6) is 0 Å². The molecule has 2 amide bonds. The molecule has 0 spiro atoms. The third-order valence-electron chi connectivity index (χ3n) is 3.81. The molecule has 30 heavy (non-hydrogen) atoms. The van der Waals surface area contributed by atoms with Crippen LogP contribution in [0.15, 0.2) is 30.3 Å². The van der Waals surface area contributed by atoms with Crippen molar-refractivity contribution in [3.05, 3.63) is 35.9 Å². The van der Waals surface area contributed by atoms with E-state index in [1.54, 1.807) is 31.6 Å². The number of alkyl carbamates (subject to hydrolysis) is 1. The molecule has 0 bridgehead atoms. The van der Waals surface area contributed by atoms with Gasteiger partial charge in [0.15, 0.2) is 0 Å². The van der Waals surface area contributed by atoms with Crippen molar-refractivity contribution in [1.29, 1.82) is 0 Å². The molecule has 1 aromatic rings. The highest BCUT2D eigenvalue weighted by Gasteiger charge is 2.30. The molecule has 9 heteroatoms. The Hall–Kier alpha value is -1.87. The average molecular weight is 457 g/mol. The van der Waals surface area contributed by atoms with Gasteiger partial charge in [-0.2, -0.15) is 0 Å². The number of ether oxygens (including phenoxy) is 2. The van der Waals surface area contributed by atoms with Crippen molar-refractivity contribution >= 4 is 39.6 Å². The predicted molar refractivity (Wildman–Crippen MR) is 122 cm³/mol. The van der Waals surface area contributed by atoms with Gasteiger partial charge in [-0.1, -0.05) is 65.8 Å². The van der Waals surface area contributed by atoms with Crippen LogP contribution in [-0.2, 0) is 24.8 Å². The maximum absolute atomic E-state index is 12.8. The van der Waals surface area contributed by atoms with Gasteiger partial charge in [0.2, 0.25) is 5.91 Å². The lowest BCUT2D eigenvalue weighted by Gasteiger charge is -2.25. The van der Waals surface area contributed by atoms with Crippen LogP contribution < -0.4 is 10.6 Å². The van der Waals surface area contributed by atoms with E-state index in [1.807, 2.05) is 44.2 Å². The van der Waals surface area contributed by atoms with E-state index in [0.717, 1.165) is 5.75 Å². The summed E-state index contributed by atoms with van der Waals surface area (Å²) in [4.78, 5) is 37.0. The molecule has 0 aliphatic heterocycles. The summed E-state index contributed by atoms with van der Waals surface area (Å²) in [5.74, 6) is -0.0700. The van der Waals surface area contributed by atoms with Gasteiger partial charge in [0.05, 0.1) is 7.11 Å². The Morgan fingerprint density at radius 2 is 1.67 bits per heavy atom. The Balaban J connectivity index is 2.75. The standard InChI is InChI=1S/C21H32N2O5S2/c1-14(2)17(19(25)27-6)23-18(24)16(22-20(26)28-21(3,4)5)13-30-29-12-15-10-8-7-9-11-15/h7-11,14,16-17H,12-13H2,1-6H3,(H,22,26)(H,23,24)/t16-,17-/m0/s1. The second-order valence-electron chi connectivity index (χ2n) is 7.98. The number of amides is 2. The smallest absolute Gasteiger partial charge is 0.408 e. The molecular weight excluding hydrogens is 424 g/mol. The number of esters is 1. The second-order valence-corrected chi connectivity index (χ2v) is 10.5. The van der Waals surface area contributed by atoms with Crippen LogP contribution in [0.3, 0.4) is 0 Å².